The molecule has 1 amide bonds. The lowest BCUT2D eigenvalue weighted by Crippen LogP contribution is -2.45. The lowest BCUT2D eigenvalue weighted by Gasteiger charge is -2.33. The van der Waals surface area contributed by atoms with Gasteiger partial charge in [0.2, 0.25) is 5.65 Å². The number of carboxylic acid groups (broad SMARTS) is 1. The number of nitrogens with one attached hydrogen (secondary N) is 1. The van der Waals surface area contributed by atoms with Gasteiger partial charge in [0.1, 0.15) is 17.2 Å². The van der Waals surface area contributed by atoms with Gasteiger partial charge in [-0.1, -0.05) is 0 Å². The van der Waals surface area contributed by atoms with Crippen LogP contribution in [-0.4, -0.2) is 36.5 Å². The quantitative estimate of drug-likeness (QED) is 0.657. The van der Waals surface area contributed by atoms with Crippen molar-refractivity contribution in [2.24, 2.45) is 0 Å². The van der Waals surface area contributed by atoms with Crippen LogP contribution in [0.1, 0.15) is 46.2 Å². The number of anilines is 2. The van der Waals surface area contributed by atoms with Gasteiger partial charge >= 0.3 is 6.09 Å². The molecule has 0 saturated heterocycles. The zero-order valence-corrected chi connectivity index (χ0v) is 17.1. The third-order valence-electron chi connectivity index (χ3n) is 4.53. The Labute approximate surface area is 168 Å². The average molecular weight is 400 g/mol. The number of carbonyl (C=O) groups is 1. The number of fused-ring (bicyclic) bond motifs is 1. The summed E-state index contributed by atoms with van der Waals surface area (Å²) in [6, 6.07) is 3.83. The van der Waals surface area contributed by atoms with E-state index in [2.05, 4.69) is 20.4 Å². The Balaban J connectivity index is 1.90. The minimum atomic E-state index is -1.10. The van der Waals surface area contributed by atoms with Crippen molar-refractivity contribution in [2.75, 3.05) is 10.2 Å². The predicted octanol–water partition coefficient (Wildman–Crippen LogP) is 4.44. The Hall–Kier alpha value is -3.23. The van der Waals surface area contributed by atoms with Crippen molar-refractivity contribution in [3.05, 3.63) is 42.0 Å². The summed E-state index contributed by atoms with van der Waals surface area (Å²) in [5.41, 5.74) is 1.24. The molecular weight excluding hydrogens is 375 g/mol. The molecule has 3 aromatic rings. The minimum absolute atomic E-state index is 0.332. The second-order valence-corrected chi connectivity index (χ2v) is 7.81. The number of halogens is 1. The van der Waals surface area contributed by atoms with Crippen molar-refractivity contribution in [1.29, 1.82) is 0 Å². The van der Waals surface area contributed by atoms with Crippen molar-refractivity contribution in [3.63, 3.8) is 0 Å². The fraction of sp³-hybridized carbons (Fsp3) is 0.400. The van der Waals surface area contributed by atoms with Gasteiger partial charge in [-0.3, -0.25) is 9.58 Å². The molecule has 2 aromatic heterocycles. The van der Waals surface area contributed by atoms with E-state index in [1.54, 1.807) is 44.6 Å². The Bertz CT molecular complexity index is 1040. The standard InChI is InChI=1S/C20H25FN6O2/c1-6-26-11-16-18(25-26)24-17(10-22-16)23-12(2)14-9-13(7-8-15(14)21)27(19(28)29)20(3,4)5/h7-12H,6H2,1-5H3,(H,28,29)(H,23,24,25). The maximum Gasteiger partial charge on any atom is 0.412 e. The van der Waals surface area contributed by atoms with E-state index in [-0.39, 0.29) is 0 Å². The summed E-state index contributed by atoms with van der Waals surface area (Å²) in [5.74, 6) is 0.0272. The summed E-state index contributed by atoms with van der Waals surface area (Å²) >= 11 is 0. The summed E-state index contributed by atoms with van der Waals surface area (Å²) in [4.78, 5) is 21.7. The Kier molecular flexibility index (Phi) is 5.41. The van der Waals surface area contributed by atoms with Crippen molar-refractivity contribution < 1.29 is 14.3 Å². The Morgan fingerprint density at radius 3 is 2.72 bits per heavy atom. The summed E-state index contributed by atoms with van der Waals surface area (Å²) < 4.78 is 16.3. The van der Waals surface area contributed by atoms with E-state index in [0.717, 1.165) is 0 Å². The summed E-state index contributed by atoms with van der Waals surface area (Å²) in [6.07, 6.45) is 2.28. The number of rotatable bonds is 5. The third kappa shape index (κ3) is 4.28. The van der Waals surface area contributed by atoms with Gasteiger partial charge in [0, 0.05) is 23.3 Å². The van der Waals surface area contributed by atoms with E-state index in [4.69, 9.17) is 0 Å². The maximum absolute atomic E-state index is 14.5. The van der Waals surface area contributed by atoms with Gasteiger partial charge in [0.05, 0.1) is 18.4 Å². The van der Waals surface area contributed by atoms with Crippen molar-refractivity contribution in [3.8, 4) is 0 Å². The van der Waals surface area contributed by atoms with Crippen molar-refractivity contribution in [2.45, 2.75) is 52.7 Å². The van der Waals surface area contributed by atoms with Gasteiger partial charge in [-0.05, 0) is 52.8 Å². The number of hydrogen-bond donors (Lipinski definition) is 2. The zero-order valence-electron chi connectivity index (χ0n) is 17.1. The zero-order chi connectivity index (χ0) is 21.3. The molecule has 0 radical (unpaired) electrons. The number of nitrogens with zero attached hydrogens (tertiary/aromatic N) is 5. The largest absolute Gasteiger partial charge is 0.465 e. The fourth-order valence-corrected chi connectivity index (χ4v) is 3.16. The number of benzene rings is 1. The highest BCUT2D eigenvalue weighted by atomic mass is 19.1. The number of aryl methyl sites for hydroxylation is 1. The van der Waals surface area contributed by atoms with Crippen LogP contribution in [0.5, 0.6) is 0 Å². The molecule has 2 heterocycles. The Morgan fingerprint density at radius 2 is 2.10 bits per heavy atom. The summed E-state index contributed by atoms with van der Waals surface area (Å²) in [5, 5.41) is 17.1. The molecule has 1 unspecified atom stereocenters. The summed E-state index contributed by atoms with van der Waals surface area (Å²) in [7, 11) is 0. The van der Waals surface area contributed by atoms with Gasteiger partial charge in [-0.25, -0.2) is 19.2 Å². The first-order chi connectivity index (χ1) is 13.6. The highest BCUT2D eigenvalue weighted by Crippen LogP contribution is 2.30. The minimum Gasteiger partial charge on any atom is -0.465 e. The van der Waals surface area contributed by atoms with Crippen LogP contribution < -0.4 is 10.2 Å². The molecule has 0 saturated carbocycles. The normalized spacial score (nSPS) is 12.8. The van der Waals surface area contributed by atoms with Crippen LogP contribution in [0.4, 0.5) is 20.7 Å². The van der Waals surface area contributed by atoms with Crippen LogP contribution in [0.25, 0.3) is 11.2 Å². The molecule has 0 fully saturated rings. The molecule has 9 heteroatoms. The first-order valence-electron chi connectivity index (χ1n) is 9.39. The molecule has 0 spiro atoms. The SMILES string of the molecule is CCn1cc2ncc(NC(C)c3cc(N(C(=O)O)C(C)(C)C)ccc3F)nc2n1. The van der Waals surface area contributed by atoms with Gasteiger partial charge in [0.15, 0.2) is 0 Å². The van der Waals surface area contributed by atoms with E-state index < -0.39 is 23.5 Å². The maximum atomic E-state index is 14.5. The third-order valence-corrected chi connectivity index (χ3v) is 4.53. The Morgan fingerprint density at radius 1 is 1.38 bits per heavy atom. The van der Waals surface area contributed by atoms with E-state index in [1.165, 1.54) is 17.0 Å². The van der Waals surface area contributed by atoms with Crippen LogP contribution in [0.15, 0.2) is 30.6 Å². The molecule has 0 aliphatic carbocycles. The van der Waals surface area contributed by atoms with Crippen LogP contribution in [0.2, 0.25) is 0 Å². The lowest BCUT2D eigenvalue weighted by atomic mass is 10.0. The second kappa shape index (κ2) is 7.65. The first kappa shape index (κ1) is 20.5. The topological polar surface area (TPSA) is 96.2 Å². The number of hydrogen-bond acceptors (Lipinski definition) is 5. The number of amides is 1. The molecule has 1 aromatic carbocycles. The highest BCUT2D eigenvalue weighted by molar-refractivity contribution is 5.87. The first-order valence-corrected chi connectivity index (χ1v) is 9.39. The van der Waals surface area contributed by atoms with Crippen LogP contribution in [0.3, 0.4) is 0 Å². The van der Waals surface area contributed by atoms with E-state index in [1.807, 2.05) is 13.1 Å². The van der Waals surface area contributed by atoms with Crippen molar-refractivity contribution >= 4 is 28.8 Å². The summed E-state index contributed by atoms with van der Waals surface area (Å²) in [6.45, 7) is 9.81. The van der Waals surface area contributed by atoms with Gasteiger partial charge < -0.3 is 10.4 Å². The van der Waals surface area contributed by atoms with E-state index >= 15 is 0 Å². The number of aromatic nitrogens is 4. The molecule has 3 rings (SSSR count). The molecule has 0 aliphatic heterocycles. The highest BCUT2D eigenvalue weighted by Gasteiger charge is 2.28. The van der Waals surface area contributed by atoms with E-state index in [0.29, 0.717) is 34.8 Å². The molecule has 154 valence electrons. The predicted molar refractivity (Wildman–Crippen MR) is 110 cm³/mol. The van der Waals surface area contributed by atoms with Crippen LogP contribution in [-0.2, 0) is 6.54 Å². The van der Waals surface area contributed by atoms with Crippen molar-refractivity contribution in [1.82, 2.24) is 19.7 Å². The molecule has 0 aliphatic rings. The van der Waals surface area contributed by atoms with Gasteiger partial charge in [0.25, 0.3) is 0 Å². The fourth-order valence-electron chi connectivity index (χ4n) is 3.16. The molecule has 0 bridgehead atoms. The smallest absolute Gasteiger partial charge is 0.412 e. The lowest BCUT2D eigenvalue weighted by molar-refractivity contribution is 0.195. The molecule has 29 heavy (non-hydrogen) atoms. The molecular formula is C20H25FN6O2. The second-order valence-electron chi connectivity index (χ2n) is 7.81. The van der Waals surface area contributed by atoms with Gasteiger partial charge in [-0.2, -0.15) is 5.10 Å². The van der Waals surface area contributed by atoms with Crippen LogP contribution in [0, 0.1) is 5.82 Å². The van der Waals surface area contributed by atoms with E-state index in [9.17, 15) is 14.3 Å². The molecule has 2 N–H and O–H groups in total. The monoisotopic (exact) mass is 400 g/mol. The van der Waals surface area contributed by atoms with Gasteiger partial charge in [-0.15, -0.1) is 0 Å². The molecule has 1 atom stereocenters. The molecule has 8 nitrogen and oxygen atoms in total. The average Bonchev–Trinajstić information content (AvgIpc) is 3.04. The van der Waals surface area contributed by atoms with Crippen LogP contribution >= 0.6 is 0 Å².